The summed E-state index contributed by atoms with van der Waals surface area (Å²) >= 11 is 0. The molecular weight excluding hydrogens is 310 g/mol. The van der Waals surface area contributed by atoms with Gasteiger partial charge in [0.1, 0.15) is 11.3 Å². The molecule has 0 saturated heterocycles. The molecule has 1 N–H and O–H groups in total. The van der Waals surface area contributed by atoms with Crippen molar-refractivity contribution in [2.24, 2.45) is 0 Å². The van der Waals surface area contributed by atoms with E-state index in [2.05, 4.69) is 44.9 Å². The van der Waals surface area contributed by atoms with Crippen LogP contribution in [0.1, 0.15) is 5.56 Å². The van der Waals surface area contributed by atoms with E-state index in [0.717, 1.165) is 16.5 Å². The molecule has 0 aliphatic carbocycles. The van der Waals surface area contributed by atoms with E-state index in [1.165, 1.54) is 16.3 Å². The molecule has 0 spiro atoms. The fraction of sp³-hybridized carbons (Fsp3) is 0.0476. The smallest absolute Gasteiger partial charge is 0.141 e. The Bertz CT molecular complexity index is 1190. The quantitative estimate of drug-likeness (QED) is 0.520. The van der Waals surface area contributed by atoms with Crippen LogP contribution in [0.25, 0.3) is 32.7 Å². The highest BCUT2D eigenvalue weighted by molar-refractivity contribution is 6.07. The second-order valence-electron chi connectivity index (χ2n) is 6.14. The van der Waals surface area contributed by atoms with Gasteiger partial charge in [0, 0.05) is 40.6 Å². The van der Waals surface area contributed by atoms with Crippen molar-refractivity contribution in [2.75, 3.05) is 0 Å². The van der Waals surface area contributed by atoms with Crippen LogP contribution in [0.4, 0.5) is 0 Å². The van der Waals surface area contributed by atoms with Crippen LogP contribution in [0, 0.1) is 0 Å². The summed E-state index contributed by atoms with van der Waals surface area (Å²) in [7, 11) is 0. The van der Waals surface area contributed by atoms with Crippen LogP contribution >= 0.6 is 0 Å². The fourth-order valence-corrected chi connectivity index (χ4v) is 3.59. The zero-order valence-corrected chi connectivity index (χ0v) is 13.4. The maximum Gasteiger partial charge on any atom is 0.141 e. The van der Waals surface area contributed by atoms with E-state index < -0.39 is 0 Å². The maximum atomic E-state index is 10.1. The van der Waals surface area contributed by atoms with Crippen molar-refractivity contribution in [1.82, 2.24) is 14.5 Å². The minimum Gasteiger partial charge on any atom is -0.506 e. The van der Waals surface area contributed by atoms with Crippen LogP contribution in [-0.2, 0) is 6.54 Å². The van der Waals surface area contributed by atoms with E-state index in [1.54, 1.807) is 12.3 Å². The third kappa shape index (κ3) is 2.08. The van der Waals surface area contributed by atoms with Gasteiger partial charge in [-0.15, -0.1) is 0 Å². The highest BCUT2D eigenvalue weighted by atomic mass is 16.3. The number of hydrogen-bond donors (Lipinski definition) is 1. The summed E-state index contributed by atoms with van der Waals surface area (Å²) < 4.78 is 2.27. The lowest BCUT2D eigenvalue weighted by Gasteiger charge is -2.11. The van der Waals surface area contributed by atoms with Crippen LogP contribution in [0.15, 0.2) is 73.2 Å². The third-order valence-corrected chi connectivity index (χ3v) is 4.74. The normalized spacial score (nSPS) is 11.5. The van der Waals surface area contributed by atoms with Gasteiger partial charge < -0.3 is 9.67 Å². The van der Waals surface area contributed by atoms with Crippen molar-refractivity contribution < 1.29 is 5.11 Å². The molecule has 0 unspecified atom stereocenters. The van der Waals surface area contributed by atoms with E-state index in [-0.39, 0.29) is 5.75 Å². The summed E-state index contributed by atoms with van der Waals surface area (Å²) in [5.41, 5.74) is 4.04. The first-order valence-electron chi connectivity index (χ1n) is 8.19. The zero-order valence-electron chi connectivity index (χ0n) is 13.4. The second-order valence-corrected chi connectivity index (χ2v) is 6.14. The van der Waals surface area contributed by atoms with Crippen LogP contribution in [0.3, 0.4) is 0 Å². The number of phenols is 1. The van der Waals surface area contributed by atoms with Gasteiger partial charge in [0.25, 0.3) is 0 Å². The Hall–Kier alpha value is -3.40. The molecular formula is C21H15N3O. The summed E-state index contributed by atoms with van der Waals surface area (Å²) in [6.07, 6.45) is 5.45. The average molecular weight is 325 g/mol. The van der Waals surface area contributed by atoms with E-state index >= 15 is 0 Å². The molecule has 0 radical (unpaired) electrons. The van der Waals surface area contributed by atoms with Gasteiger partial charge in [-0.25, -0.2) is 0 Å². The first-order chi connectivity index (χ1) is 12.3. The molecule has 25 heavy (non-hydrogen) atoms. The van der Waals surface area contributed by atoms with Crippen molar-refractivity contribution in [1.29, 1.82) is 0 Å². The number of benzene rings is 2. The molecule has 4 nitrogen and oxygen atoms in total. The van der Waals surface area contributed by atoms with E-state index in [9.17, 15) is 5.11 Å². The molecule has 0 saturated carbocycles. The Labute approximate surface area is 144 Å². The summed E-state index contributed by atoms with van der Waals surface area (Å²) in [4.78, 5) is 8.64. The van der Waals surface area contributed by atoms with Gasteiger partial charge in [0.15, 0.2) is 0 Å². The second kappa shape index (κ2) is 5.31. The van der Waals surface area contributed by atoms with E-state index in [1.807, 2.05) is 30.6 Å². The van der Waals surface area contributed by atoms with Gasteiger partial charge in [-0.1, -0.05) is 30.3 Å². The van der Waals surface area contributed by atoms with Gasteiger partial charge in [-0.3, -0.25) is 9.97 Å². The molecule has 120 valence electrons. The monoisotopic (exact) mass is 325 g/mol. The lowest BCUT2D eigenvalue weighted by atomic mass is 10.1. The number of para-hydroxylation sites is 1. The van der Waals surface area contributed by atoms with Gasteiger partial charge in [-0.2, -0.15) is 0 Å². The van der Waals surface area contributed by atoms with Crippen molar-refractivity contribution in [2.45, 2.75) is 6.54 Å². The summed E-state index contributed by atoms with van der Waals surface area (Å²) in [6, 6.07) is 18.1. The van der Waals surface area contributed by atoms with Crippen molar-refractivity contribution in [3.8, 4) is 5.75 Å². The number of pyridine rings is 2. The van der Waals surface area contributed by atoms with Gasteiger partial charge >= 0.3 is 0 Å². The first-order valence-corrected chi connectivity index (χ1v) is 8.19. The lowest BCUT2D eigenvalue weighted by molar-refractivity contribution is 0.480. The largest absolute Gasteiger partial charge is 0.506 e. The molecule has 3 heterocycles. The zero-order chi connectivity index (χ0) is 16.8. The predicted molar refractivity (Wildman–Crippen MR) is 99.7 cm³/mol. The van der Waals surface area contributed by atoms with E-state index in [0.29, 0.717) is 12.1 Å². The van der Waals surface area contributed by atoms with Gasteiger partial charge in [0.05, 0.1) is 11.7 Å². The van der Waals surface area contributed by atoms with Crippen LogP contribution in [-0.4, -0.2) is 19.6 Å². The topological polar surface area (TPSA) is 50.9 Å². The van der Waals surface area contributed by atoms with Gasteiger partial charge in [-0.05, 0) is 29.8 Å². The SMILES string of the molecule is Oc1ccc(Cn2c3ccccc3c3ccncc32)c2cccnc12. The lowest BCUT2D eigenvalue weighted by Crippen LogP contribution is -2.00. The Morgan fingerprint density at radius 1 is 0.800 bits per heavy atom. The number of phenolic OH excluding ortho intramolecular Hbond substituents is 1. The number of aromatic hydroxyl groups is 1. The standard InChI is InChI=1S/C21H15N3O/c25-20-8-7-14(15-5-3-10-23-21(15)20)13-24-18-6-2-1-4-16(18)17-9-11-22-12-19(17)24/h1-12,25H,13H2. The number of nitrogens with zero attached hydrogens (tertiary/aromatic N) is 3. The molecule has 0 aliphatic rings. The molecule has 0 bridgehead atoms. The molecule has 2 aromatic carbocycles. The molecule has 5 aromatic rings. The summed E-state index contributed by atoms with van der Waals surface area (Å²) in [5.74, 6) is 0.211. The average Bonchev–Trinajstić information content (AvgIpc) is 2.99. The van der Waals surface area contributed by atoms with E-state index in [4.69, 9.17) is 0 Å². The minimum atomic E-state index is 0.211. The van der Waals surface area contributed by atoms with Crippen molar-refractivity contribution in [3.05, 3.63) is 78.8 Å². The Kier molecular flexibility index (Phi) is 2.97. The van der Waals surface area contributed by atoms with Crippen LogP contribution in [0.5, 0.6) is 5.75 Å². The Morgan fingerprint density at radius 3 is 2.60 bits per heavy atom. The third-order valence-electron chi connectivity index (χ3n) is 4.74. The van der Waals surface area contributed by atoms with Crippen molar-refractivity contribution >= 4 is 32.7 Å². The molecule has 0 atom stereocenters. The Morgan fingerprint density at radius 2 is 1.64 bits per heavy atom. The predicted octanol–water partition coefficient (Wildman–Crippen LogP) is 4.49. The molecule has 3 aromatic heterocycles. The molecule has 0 fully saturated rings. The molecule has 4 heteroatoms. The minimum absolute atomic E-state index is 0.211. The fourth-order valence-electron chi connectivity index (χ4n) is 3.59. The molecule has 0 amide bonds. The summed E-state index contributed by atoms with van der Waals surface area (Å²) in [5, 5.41) is 13.5. The van der Waals surface area contributed by atoms with Crippen LogP contribution < -0.4 is 0 Å². The number of rotatable bonds is 2. The number of fused-ring (bicyclic) bond motifs is 4. The van der Waals surface area contributed by atoms with Gasteiger partial charge in [0.2, 0.25) is 0 Å². The molecule has 0 aliphatic heterocycles. The van der Waals surface area contributed by atoms with Crippen molar-refractivity contribution in [3.63, 3.8) is 0 Å². The maximum absolute atomic E-state index is 10.1. The number of aromatic nitrogens is 3. The summed E-state index contributed by atoms with van der Waals surface area (Å²) in [6.45, 7) is 0.693. The highest BCUT2D eigenvalue weighted by Crippen LogP contribution is 2.31. The first kappa shape index (κ1) is 14.0. The molecule has 5 rings (SSSR count). The van der Waals surface area contributed by atoms with Crippen LogP contribution in [0.2, 0.25) is 0 Å². The Balaban J connectivity index is 1.79. The highest BCUT2D eigenvalue weighted by Gasteiger charge is 2.12. The number of hydrogen-bond acceptors (Lipinski definition) is 3.